The molecular formula is C18H18N2O4S2. The molecule has 0 atom stereocenters. The molecule has 0 saturated heterocycles. The number of amidine groups is 1. The van der Waals surface area contributed by atoms with Crippen molar-refractivity contribution in [2.24, 2.45) is 4.40 Å². The Hall–Kier alpha value is -2.45. The lowest BCUT2D eigenvalue weighted by Gasteiger charge is -2.21. The molecule has 2 aromatic rings. The van der Waals surface area contributed by atoms with Gasteiger partial charge in [-0.2, -0.15) is 0 Å². The Morgan fingerprint density at radius 2 is 1.62 bits per heavy atom. The molecule has 0 bridgehead atoms. The minimum absolute atomic E-state index is 0.0609. The molecule has 3 rings (SSSR count). The lowest BCUT2D eigenvalue weighted by atomic mass is 10.1. The number of hydrogen-bond donors (Lipinski definition) is 0. The van der Waals surface area contributed by atoms with Gasteiger partial charge in [0.25, 0.3) is 20.0 Å². The third kappa shape index (κ3) is 3.86. The molecule has 26 heavy (non-hydrogen) atoms. The molecule has 136 valence electrons. The summed E-state index contributed by atoms with van der Waals surface area (Å²) in [6.45, 7) is 1.86. The van der Waals surface area contributed by atoms with E-state index in [0.29, 0.717) is 0 Å². The fraction of sp³-hybridized carbons (Fsp3) is 0.167. The van der Waals surface area contributed by atoms with Crippen molar-refractivity contribution in [3.63, 3.8) is 0 Å². The van der Waals surface area contributed by atoms with E-state index >= 15 is 0 Å². The fourth-order valence-electron chi connectivity index (χ4n) is 2.65. The fourth-order valence-corrected chi connectivity index (χ4v) is 4.54. The second-order valence-electron chi connectivity index (χ2n) is 6.05. The van der Waals surface area contributed by atoms with E-state index in [1.165, 1.54) is 18.3 Å². The van der Waals surface area contributed by atoms with Crippen molar-refractivity contribution in [3.05, 3.63) is 71.4 Å². The molecular weight excluding hydrogens is 372 g/mol. The molecule has 0 aromatic heterocycles. The van der Waals surface area contributed by atoms with Gasteiger partial charge in [-0.25, -0.2) is 21.1 Å². The van der Waals surface area contributed by atoms with Gasteiger partial charge in [0.1, 0.15) is 5.84 Å². The number of aryl methyl sites for hydroxylation is 1. The molecule has 0 spiro atoms. The van der Waals surface area contributed by atoms with E-state index < -0.39 is 20.0 Å². The average Bonchev–Trinajstić information content (AvgIpc) is 2.73. The van der Waals surface area contributed by atoms with E-state index in [2.05, 4.69) is 4.40 Å². The zero-order valence-electron chi connectivity index (χ0n) is 14.3. The van der Waals surface area contributed by atoms with Crippen molar-refractivity contribution in [2.75, 3.05) is 6.26 Å². The Morgan fingerprint density at radius 1 is 0.962 bits per heavy atom. The van der Waals surface area contributed by atoms with Crippen molar-refractivity contribution in [1.29, 1.82) is 0 Å². The van der Waals surface area contributed by atoms with Crippen molar-refractivity contribution in [2.45, 2.75) is 18.2 Å². The van der Waals surface area contributed by atoms with Gasteiger partial charge in [0, 0.05) is 12.6 Å². The van der Waals surface area contributed by atoms with Crippen molar-refractivity contribution >= 4 is 32.0 Å². The normalized spacial score (nSPS) is 16.4. The first-order valence-corrected chi connectivity index (χ1v) is 11.1. The topological polar surface area (TPSA) is 83.9 Å². The van der Waals surface area contributed by atoms with E-state index in [4.69, 9.17) is 0 Å². The summed E-state index contributed by atoms with van der Waals surface area (Å²) in [5.41, 5.74) is 2.54. The van der Waals surface area contributed by atoms with Crippen LogP contribution in [0.1, 0.15) is 16.7 Å². The summed E-state index contributed by atoms with van der Waals surface area (Å²) in [6, 6.07) is 13.7. The highest BCUT2D eigenvalue weighted by atomic mass is 32.2. The molecule has 6 nitrogen and oxygen atoms in total. The number of rotatable bonds is 3. The molecule has 0 radical (unpaired) electrons. The first-order valence-electron chi connectivity index (χ1n) is 7.83. The second-order valence-corrected chi connectivity index (χ2v) is 9.51. The van der Waals surface area contributed by atoms with Crippen LogP contribution in [0.3, 0.4) is 0 Å². The predicted octanol–water partition coefficient (Wildman–Crippen LogP) is 2.57. The van der Waals surface area contributed by atoms with E-state index in [1.807, 2.05) is 31.2 Å². The summed E-state index contributed by atoms with van der Waals surface area (Å²) in [7, 11) is -7.77. The summed E-state index contributed by atoms with van der Waals surface area (Å²) in [4.78, 5) is 0.0694. The number of benzene rings is 2. The van der Waals surface area contributed by atoms with Crippen molar-refractivity contribution in [1.82, 2.24) is 4.31 Å². The van der Waals surface area contributed by atoms with Crippen LogP contribution in [-0.2, 0) is 26.5 Å². The number of nitrogens with zero attached hydrogens (tertiary/aromatic N) is 2. The maximum atomic E-state index is 13.1. The van der Waals surface area contributed by atoms with E-state index in [1.54, 1.807) is 18.2 Å². The van der Waals surface area contributed by atoms with Crippen LogP contribution in [0.15, 0.2) is 64.0 Å². The van der Waals surface area contributed by atoms with Gasteiger partial charge in [0.15, 0.2) is 0 Å². The van der Waals surface area contributed by atoms with Crippen LogP contribution in [0.25, 0.3) is 6.08 Å². The molecule has 1 aliphatic heterocycles. The largest absolute Gasteiger partial charge is 0.269 e. The van der Waals surface area contributed by atoms with Gasteiger partial charge in [-0.15, -0.1) is 4.40 Å². The number of sulfonamides is 2. The molecule has 1 heterocycles. The first-order chi connectivity index (χ1) is 12.2. The average molecular weight is 390 g/mol. The Kier molecular flexibility index (Phi) is 4.72. The van der Waals surface area contributed by atoms with Crippen molar-refractivity contribution < 1.29 is 16.8 Å². The van der Waals surface area contributed by atoms with Crippen LogP contribution in [-0.4, -0.2) is 33.2 Å². The third-order valence-corrected chi connectivity index (χ3v) is 6.16. The molecule has 0 aliphatic carbocycles. The number of fused-ring (bicyclic) bond motifs is 1. The van der Waals surface area contributed by atoms with Crippen LogP contribution in [0.2, 0.25) is 0 Å². The minimum atomic E-state index is -3.99. The monoisotopic (exact) mass is 390 g/mol. The van der Waals surface area contributed by atoms with Crippen LogP contribution in [0, 0.1) is 6.92 Å². The maximum Gasteiger partial charge on any atom is 0.269 e. The van der Waals surface area contributed by atoms with Gasteiger partial charge < -0.3 is 0 Å². The third-order valence-electron chi connectivity index (χ3n) is 3.90. The highest BCUT2D eigenvalue weighted by molar-refractivity contribution is 7.90. The Balaban J connectivity index is 2.17. The van der Waals surface area contributed by atoms with Crippen LogP contribution in [0.4, 0.5) is 0 Å². The predicted molar refractivity (Wildman–Crippen MR) is 102 cm³/mol. The smallest absolute Gasteiger partial charge is 0.227 e. The summed E-state index contributed by atoms with van der Waals surface area (Å²) >= 11 is 0. The molecule has 0 unspecified atom stereocenters. The molecule has 0 N–H and O–H groups in total. The highest BCUT2D eigenvalue weighted by Crippen LogP contribution is 2.24. The standard InChI is InChI=1S/C18H18N2O4S2/c1-14-7-9-17(10-8-14)26(23,24)20-12-11-15-5-3-4-6-16(15)13-18(20)19-25(2,21)22/h3-12H,13H2,1-2H3/b19-18+. The van der Waals surface area contributed by atoms with E-state index in [9.17, 15) is 16.8 Å². The lowest BCUT2D eigenvalue weighted by molar-refractivity contribution is 0.562. The summed E-state index contributed by atoms with van der Waals surface area (Å²) in [5.74, 6) is -0.0609. The maximum absolute atomic E-state index is 13.1. The van der Waals surface area contributed by atoms with E-state index in [0.717, 1.165) is 27.3 Å². The highest BCUT2D eigenvalue weighted by Gasteiger charge is 2.29. The molecule has 0 fully saturated rings. The molecule has 0 saturated carbocycles. The molecule has 2 aromatic carbocycles. The second kappa shape index (κ2) is 6.69. The van der Waals surface area contributed by atoms with Crippen LogP contribution in [0.5, 0.6) is 0 Å². The zero-order chi connectivity index (χ0) is 18.9. The molecule has 0 amide bonds. The number of hydrogen-bond acceptors (Lipinski definition) is 4. The summed E-state index contributed by atoms with van der Waals surface area (Å²) in [5, 5.41) is 0. The Morgan fingerprint density at radius 3 is 2.27 bits per heavy atom. The van der Waals surface area contributed by atoms with Gasteiger partial charge in [-0.1, -0.05) is 42.0 Å². The Labute approximate surface area is 153 Å². The first kappa shape index (κ1) is 18.3. The van der Waals surface area contributed by atoms with Crippen LogP contribution >= 0.6 is 0 Å². The van der Waals surface area contributed by atoms with Gasteiger partial charge in [-0.3, -0.25) is 0 Å². The van der Waals surface area contributed by atoms with Gasteiger partial charge in [-0.05, 0) is 36.3 Å². The van der Waals surface area contributed by atoms with Crippen LogP contribution < -0.4 is 0 Å². The van der Waals surface area contributed by atoms with E-state index in [-0.39, 0.29) is 17.2 Å². The molecule has 1 aliphatic rings. The van der Waals surface area contributed by atoms with Crippen molar-refractivity contribution in [3.8, 4) is 0 Å². The molecule has 8 heteroatoms. The lowest BCUT2D eigenvalue weighted by Crippen LogP contribution is -2.33. The summed E-state index contributed by atoms with van der Waals surface area (Å²) < 4.78 is 54.3. The van der Waals surface area contributed by atoms with Gasteiger partial charge in [0.05, 0.1) is 11.2 Å². The SMILES string of the molecule is Cc1ccc(S(=O)(=O)N2C=Cc3ccccc3C/C2=N\S(C)(=O)=O)cc1. The zero-order valence-corrected chi connectivity index (χ0v) is 16.0. The van der Waals surface area contributed by atoms with Gasteiger partial charge in [0.2, 0.25) is 0 Å². The summed E-state index contributed by atoms with van der Waals surface area (Å²) in [6.07, 6.45) is 4.02. The Bertz CT molecular complexity index is 1100. The minimum Gasteiger partial charge on any atom is -0.227 e. The quantitative estimate of drug-likeness (QED) is 0.806. The van der Waals surface area contributed by atoms with Gasteiger partial charge >= 0.3 is 0 Å².